The maximum Gasteiger partial charge on any atom is 0.279 e. The summed E-state index contributed by atoms with van der Waals surface area (Å²) in [6.07, 6.45) is 1.16. The zero-order valence-electron chi connectivity index (χ0n) is 15.2. The fourth-order valence-electron chi connectivity index (χ4n) is 2.57. The van der Waals surface area contributed by atoms with Gasteiger partial charge in [0.1, 0.15) is 0 Å². The molecule has 0 fully saturated rings. The maximum absolute atomic E-state index is 12.6. The summed E-state index contributed by atoms with van der Waals surface area (Å²) in [5, 5.41) is 0. The number of hydrogen-bond donors (Lipinski definition) is 0. The molecule has 1 amide bonds. The molecule has 0 aliphatic rings. The number of sulfone groups is 1. The van der Waals surface area contributed by atoms with Gasteiger partial charge in [0.2, 0.25) is 0 Å². The minimum atomic E-state index is -3.30. The van der Waals surface area contributed by atoms with Crippen LogP contribution in [0, 0.1) is 0 Å². The lowest BCUT2D eigenvalue weighted by Crippen LogP contribution is -2.13. The number of rotatable bonds is 4. The Morgan fingerprint density at radius 2 is 1.78 bits per heavy atom. The fraction of sp³-hybridized carbons (Fsp3) is 0.222. The van der Waals surface area contributed by atoms with Crippen LogP contribution < -0.4 is 14.3 Å². The maximum atomic E-state index is 12.6. The molecule has 3 rings (SSSR count). The largest absolute Gasteiger partial charge is 0.493 e. The summed E-state index contributed by atoms with van der Waals surface area (Å²) in [7, 11) is 1.49. The van der Waals surface area contributed by atoms with Crippen LogP contribution in [0.2, 0.25) is 0 Å². The van der Waals surface area contributed by atoms with Crippen molar-refractivity contribution in [2.45, 2.75) is 4.90 Å². The fourth-order valence-corrected chi connectivity index (χ4v) is 4.35. The standard InChI is InChI=1S/C18H18N2O5S2/c1-20-13-7-6-12(27(4,22)23)10-16(13)26-18(20)19-17(21)11-5-8-14(24-2)15(9-11)25-3/h5-10H,1-4H3. The molecule has 0 aliphatic heterocycles. The number of ether oxygens (including phenoxy) is 2. The van der Waals surface area contributed by atoms with Gasteiger partial charge in [-0.15, -0.1) is 0 Å². The number of amides is 1. The van der Waals surface area contributed by atoms with Crippen LogP contribution in [0.1, 0.15) is 10.4 Å². The minimum absolute atomic E-state index is 0.231. The number of carbonyl (C=O) groups excluding carboxylic acids is 1. The van der Waals surface area contributed by atoms with Crippen molar-refractivity contribution in [3.05, 3.63) is 46.8 Å². The zero-order chi connectivity index (χ0) is 19.8. The second-order valence-corrected chi connectivity index (χ2v) is 8.86. The van der Waals surface area contributed by atoms with Crippen molar-refractivity contribution in [2.75, 3.05) is 20.5 Å². The first-order valence-electron chi connectivity index (χ1n) is 7.85. The Balaban J connectivity index is 2.07. The van der Waals surface area contributed by atoms with Gasteiger partial charge in [0.25, 0.3) is 5.91 Å². The monoisotopic (exact) mass is 406 g/mol. The van der Waals surface area contributed by atoms with E-state index < -0.39 is 15.7 Å². The zero-order valence-corrected chi connectivity index (χ0v) is 16.8. The highest BCUT2D eigenvalue weighted by Crippen LogP contribution is 2.28. The Hall–Kier alpha value is -2.65. The summed E-state index contributed by atoms with van der Waals surface area (Å²) in [4.78, 5) is 17.5. The molecule has 0 aliphatic carbocycles. The van der Waals surface area contributed by atoms with Crippen molar-refractivity contribution >= 4 is 37.3 Å². The van der Waals surface area contributed by atoms with Gasteiger partial charge >= 0.3 is 0 Å². The number of methoxy groups -OCH3 is 2. The number of aromatic nitrogens is 1. The Morgan fingerprint density at radius 1 is 1.07 bits per heavy atom. The third-order valence-electron chi connectivity index (χ3n) is 4.04. The molecular formula is C18H18N2O5S2. The molecule has 1 heterocycles. The van der Waals surface area contributed by atoms with Crippen molar-refractivity contribution in [3.63, 3.8) is 0 Å². The van der Waals surface area contributed by atoms with Crippen LogP contribution in [0.5, 0.6) is 11.5 Å². The van der Waals surface area contributed by atoms with E-state index in [1.54, 1.807) is 48.0 Å². The molecule has 0 bridgehead atoms. The molecule has 142 valence electrons. The molecule has 0 saturated carbocycles. The van der Waals surface area contributed by atoms with E-state index in [9.17, 15) is 13.2 Å². The van der Waals surface area contributed by atoms with E-state index >= 15 is 0 Å². The van der Waals surface area contributed by atoms with Gasteiger partial charge in [-0.05, 0) is 36.4 Å². The van der Waals surface area contributed by atoms with Crippen molar-refractivity contribution in [1.82, 2.24) is 4.57 Å². The van der Waals surface area contributed by atoms with E-state index in [0.717, 1.165) is 16.5 Å². The van der Waals surface area contributed by atoms with Crippen LogP contribution in [0.15, 0.2) is 46.3 Å². The molecule has 0 saturated heterocycles. The van der Waals surface area contributed by atoms with E-state index in [0.29, 0.717) is 21.9 Å². The summed E-state index contributed by atoms with van der Waals surface area (Å²) >= 11 is 1.25. The van der Waals surface area contributed by atoms with Crippen molar-refractivity contribution in [2.24, 2.45) is 12.0 Å². The van der Waals surface area contributed by atoms with E-state index in [1.165, 1.54) is 25.6 Å². The number of hydrogen-bond acceptors (Lipinski definition) is 6. The molecule has 7 nitrogen and oxygen atoms in total. The number of thiazole rings is 1. The van der Waals surface area contributed by atoms with E-state index in [4.69, 9.17) is 9.47 Å². The van der Waals surface area contributed by atoms with Gasteiger partial charge < -0.3 is 14.0 Å². The van der Waals surface area contributed by atoms with Crippen molar-refractivity contribution < 1.29 is 22.7 Å². The highest BCUT2D eigenvalue weighted by molar-refractivity contribution is 7.90. The Kier molecular flexibility index (Phi) is 5.07. The molecule has 0 spiro atoms. The van der Waals surface area contributed by atoms with Crippen LogP contribution in [0.25, 0.3) is 10.2 Å². The lowest BCUT2D eigenvalue weighted by Gasteiger charge is -2.07. The van der Waals surface area contributed by atoms with Crippen LogP contribution in [0.3, 0.4) is 0 Å². The minimum Gasteiger partial charge on any atom is -0.493 e. The van der Waals surface area contributed by atoms with Gasteiger partial charge in [0, 0.05) is 18.9 Å². The molecule has 27 heavy (non-hydrogen) atoms. The van der Waals surface area contributed by atoms with Crippen LogP contribution >= 0.6 is 11.3 Å². The topological polar surface area (TPSA) is 87.0 Å². The SMILES string of the molecule is COc1ccc(C(=O)N=c2sc3cc(S(C)(=O)=O)ccc3n2C)cc1OC. The first-order valence-corrected chi connectivity index (χ1v) is 10.6. The van der Waals surface area contributed by atoms with Crippen LogP contribution in [-0.2, 0) is 16.9 Å². The van der Waals surface area contributed by atoms with E-state index in [2.05, 4.69) is 4.99 Å². The summed E-state index contributed by atoms with van der Waals surface area (Å²) in [6.45, 7) is 0. The summed E-state index contributed by atoms with van der Waals surface area (Å²) in [5.74, 6) is 0.535. The number of fused-ring (bicyclic) bond motifs is 1. The summed E-state index contributed by atoms with van der Waals surface area (Å²) in [6, 6.07) is 9.68. The molecule has 9 heteroatoms. The van der Waals surface area contributed by atoms with E-state index in [-0.39, 0.29) is 4.90 Å². The average Bonchev–Trinajstić information content (AvgIpc) is 2.95. The second-order valence-electron chi connectivity index (χ2n) is 5.83. The van der Waals surface area contributed by atoms with Gasteiger partial charge in [-0.25, -0.2) is 8.42 Å². The molecule has 1 aromatic heterocycles. The molecule has 2 aromatic carbocycles. The number of aryl methyl sites for hydroxylation is 1. The Bertz CT molecular complexity index is 1210. The normalized spacial score (nSPS) is 12.4. The number of nitrogens with zero attached hydrogens (tertiary/aromatic N) is 2. The summed E-state index contributed by atoms with van der Waals surface area (Å²) in [5.41, 5.74) is 1.16. The lowest BCUT2D eigenvalue weighted by atomic mass is 10.2. The molecular weight excluding hydrogens is 388 g/mol. The molecule has 0 atom stereocenters. The first kappa shape index (κ1) is 19.1. The third kappa shape index (κ3) is 3.74. The number of carbonyl (C=O) groups is 1. The Morgan fingerprint density at radius 3 is 2.41 bits per heavy atom. The predicted molar refractivity (Wildman–Crippen MR) is 103 cm³/mol. The lowest BCUT2D eigenvalue weighted by molar-refractivity contribution is 0.0997. The smallest absolute Gasteiger partial charge is 0.279 e. The van der Waals surface area contributed by atoms with Crippen LogP contribution in [-0.4, -0.2) is 39.4 Å². The predicted octanol–water partition coefficient (Wildman–Crippen LogP) is 2.40. The van der Waals surface area contributed by atoms with Gasteiger partial charge in [-0.3, -0.25) is 4.79 Å². The quantitative estimate of drug-likeness (QED) is 0.664. The van der Waals surface area contributed by atoms with Crippen molar-refractivity contribution in [3.8, 4) is 11.5 Å². The highest BCUT2D eigenvalue weighted by Gasteiger charge is 2.13. The van der Waals surface area contributed by atoms with E-state index in [1.807, 2.05) is 0 Å². The van der Waals surface area contributed by atoms with Gasteiger partial charge in [0.05, 0.1) is 29.3 Å². The first-order chi connectivity index (χ1) is 12.7. The van der Waals surface area contributed by atoms with Crippen molar-refractivity contribution in [1.29, 1.82) is 0 Å². The van der Waals surface area contributed by atoms with Crippen LogP contribution in [0.4, 0.5) is 0 Å². The second kappa shape index (κ2) is 7.16. The highest BCUT2D eigenvalue weighted by atomic mass is 32.2. The number of benzene rings is 2. The molecule has 0 N–H and O–H groups in total. The average molecular weight is 406 g/mol. The van der Waals surface area contributed by atoms with Gasteiger partial charge in [-0.2, -0.15) is 4.99 Å². The molecule has 0 unspecified atom stereocenters. The summed E-state index contributed by atoms with van der Waals surface area (Å²) < 4.78 is 36.4. The Labute approximate surface area is 160 Å². The molecule has 3 aromatic rings. The van der Waals surface area contributed by atoms with Gasteiger partial charge in [0.15, 0.2) is 26.1 Å². The third-order valence-corrected chi connectivity index (χ3v) is 6.24. The van der Waals surface area contributed by atoms with Gasteiger partial charge in [-0.1, -0.05) is 11.3 Å². The molecule has 0 radical (unpaired) electrons.